The van der Waals surface area contributed by atoms with Crippen molar-refractivity contribution in [2.24, 2.45) is 5.73 Å². The molecule has 0 atom stereocenters. The van der Waals surface area contributed by atoms with Gasteiger partial charge in [0.05, 0.1) is 12.8 Å². The number of pyridine rings is 1. The number of aromatic nitrogens is 2. The van der Waals surface area contributed by atoms with Gasteiger partial charge in [-0.3, -0.25) is 4.79 Å². The average Bonchev–Trinajstić information content (AvgIpc) is 2.59. The van der Waals surface area contributed by atoms with Crippen LogP contribution in [0.25, 0.3) is 11.3 Å². The summed E-state index contributed by atoms with van der Waals surface area (Å²) in [5.74, 6) is 0.0843. The number of primary amides is 1. The van der Waals surface area contributed by atoms with Crippen LogP contribution in [0.1, 0.15) is 10.5 Å². The highest BCUT2D eigenvalue weighted by Gasteiger charge is 2.12. The Balaban J connectivity index is 2.55. The van der Waals surface area contributed by atoms with Crippen LogP contribution in [0, 0.1) is 0 Å². The molecule has 0 aliphatic carbocycles. The number of fused-ring (bicyclic) bond motifs is 1. The van der Waals surface area contributed by atoms with E-state index < -0.39 is 5.91 Å². The van der Waals surface area contributed by atoms with Crippen molar-refractivity contribution < 1.29 is 9.53 Å². The zero-order chi connectivity index (χ0) is 10.1. The predicted molar refractivity (Wildman–Crippen MR) is 50.3 cm³/mol. The summed E-state index contributed by atoms with van der Waals surface area (Å²) in [6, 6.07) is 3.39. The third-order valence-corrected chi connectivity index (χ3v) is 1.94. The van der Waals surface area contributed by atoms with E-state index in [0.717, 1.165) is 5.56 Å². The predicted octanol–water partition coefficient (Wildman–Crippen LogP) is 0.622. The van der Waals surface area contributed by atoms with Gasteiger partial charge in [-0.2, -0.15) is 0 Å². The van der Waals surface area contributed by atoms with Crippen LogP contribution in [0.2, 0.25) is 0 Å². The molecular formula is C9H9N3O2. The van der Waals surface area contributed by atoms with E-state index in [1.165, 1.54) is 0 Å². The Hall–Kier alpha value is -2.04. The summed E-state index contributed by atoms with van der Waals surface area (Å²) in [6.45, 7) is 0. The third-order valence-electron chi connectivity index (χ3n) is 1.94. The second kappa shape index (κ2) is 3.02. The van der Waals surface area contributed by atoms with Crippen molar-refractivity contribution >= 4 is 5.91 Å². The minimum absolute atomic E-state index is 0.265. The van der Waals surface area contributed by atoms with E-state index in [0.29, 0.717) is 11.6 Å². The zero-order valence-corrected chi connectivity index (χ0v) is 7.57. The molecule has 0 bridgehead atoms. The minimum Gasteiger partial charge on any atom is -0.482 e. The molecule has 0 aromatic heterocycles. The van der Waals surface area contributed by atoms with Gasteiger partial charge in [-0.1, -0.05) is 0 Å². The topological polar surface area (TPSA) is 81.0 Å². The number of carbonyl (C=O) groups excluding carboxylic acids is 1. The van der Waals surface area contributed by atoms with Gasteiger partial charge in [0.1, 0.15) is 5.69 Å². The normalized spacial score (nSPS) is 10.4. The van der Waals surface area contributed by atoms with Crippen LogP contribution in [-0.4, -0.2) is 23.0 Å². The Labute approximate surface area is 80.2 Å². The smallest absolute Gasteiger partial charge is 0.267 e. The first-order valence-electron chi connectivity index (χ1n) is 4.03. The second-order valence-electron chi connectivity index (χ2n) is 2.85. The largest absolute Gasteiger partial charge is 0.482 e. The number of H-pyrrole nitrogens is 1. The molecule has 3 N–H and O–H groups in total. The summed E-state index contributed by atoms with van der Waals surface area (Å²) in [5.41, 5.74) is 6.89. The number of nitrogens with zero attached hydrogens (tertiary/aromatic N) is 1. The van der Waals surface area contributed by atoms with Gasteiger partial charge >= 0.3 is 0 Å². The lowest BCUT2D eigenvalue weighted by atomic mass is 10.2. The van der Waals surface area contributed by atoms with Gasteiger partial charge in [0.2, 0.25) is 0 Å². The molecule has 5 heteroatoms. The van der Waals surface area contributed by atoms with Gasteiger partial charge in [0, 0.05) is 17.8 Å². The number of hydrogen-bond acceptors (Lipinski definition) is 3. The summed E-state index contributed by atoms with van der Waals surface area (Å²) in [7, 11) is 1.56. The average molecular weight is 191 g/mol. The van der Waals surface area contributed by atoms with Gasteiger partial charge in [0.25, 0.3) is 5.91 Å². The van der Waals surface area contributed by atoms with E-state index in [1.54, 1.807) is 25.4 Å². The molecule has 0 aromatic carbocycles. The van der Waals surface area contributed by atoms with Crippen LogP contribution < -0.4 is 10.5 Å². The lowest BCUT2D eigenvalue weighted by Gasteiger charge is -2.01. The Kier molecular flexibility index (Phi) is 1.85. The number of nitrogens with one attached hydrogen (secondary N) is 1. The molecule has 5 nitrogen and oxygen atoms in total. The molecular weight excluding hydrogens is 182 g/mol. The van der Waals surface area contributed by atoms with Crippen LogP contribution in [0.15, 0.2) is 18.3 Å². The molecule has 2 rings (SSSR count). The number of rotatable bonds is 2. The molecule has 0 aromatic rings. The number of hydrogen-bond donors (Lipinski definition) is 2. The first kappa shape index (κ1) is 8.55. The van der Waals surface area contributed by atoms with Crippen molar-refractivity contribution in [2.75, 3.05) is 7.11 Å². The number of nitrogens with two attached hydrogens (primary N) is 1. The number of aromatic amines is 1. The molecule has 0 unspecified atom stereocenters. The molecule has 0 saturated heterocycles. The van der Waals surface area contributed by atoms with Gasteiger partial charge in [-0.15, -0.1) is 0 Å². The van der Waals surface area contributed by atoms with Crippen molar-refractivity contribution in [3.8, 4) is 17.1 Å². The highest BCUT2D eigenvalue weighted by molar-refractivity contribution is 5.93. The van der Waals surface area contributed by atoms with E-state index in [2.05, 4.69) is 9.97 Å². The molecule has 2 heterocycles. The molecule has 0 radical (unpaired) electrons. The summed E-state index contributed by atoms with van der Waals surface area (Å²) < 4.78 is 4.99. The van der Waals surface area contributed by atoms with Crippen molar-refractivity contribution in [3.05, 3.63) is 24.0 Å². The van der Waals surface area contributed by atoms with E-state index >= 15 is 0 Å². The molecule has 72 valence electrons. The quantitative estimate of drug-likeness (QED) is 0.730. The van der Waals surface area contributed by atoms with Crippen LogP contribution >= 0.6 is 0 Å². The Bertz CT molecular complexity index is 450. The molecule has 0 fully saturated rings. The number of ether oxygens (including phenoxy) is 1. The Morgan fingerprint density at radius 1 is 1.57 bits per heavy atom. The van der Waals surface area contributed by atoms with Gasteiger partial charge < -0.3 is 15.5 Å². The molecule has 2 aliphatic heterocycles. The lowest BCUT2D eigenvalue weighted by molar-refractivity contribution is 0.0996. The van der Waals surface area contributed by atoms with Crippen LogP contribution in [-0.2, 0) is 0 Å². The fraction of sp³-hybridized carbons (Fsp3) is 0.111. The highest BCUT2D eigenvalue weighted by atomic mass is 16.5. The van der Waals surface area contributed by atoms with Crippen LogP contribution in [0.3, 0.4) is 0 Å². The standard InChI is InChI=1S/C9H9N3O2/c1-14-8-3-5-2-6(9(10)13)12-7(5)4-11-8/h2-4,11H,1H3,(H2,10,13). The maximum Gasteiger partial charge on any atom is 0.267 e. The summed E-state index contributed by atoms with van der Waals surface area (Å²) in [5, 5.41) is 0. The second-order valence-corrected chi connectivity index (χ2v) is 2.85. The van der Waals surface area contributed by atoms with Gasteiger partial charge in [-0.25, -0.2) is 4.98 Å². The van der Waals surface area contributed by atoms with Gasteiger partial charge in [-0.05, 0) is 6.07 Å². The minimum atomic E-state index is -0.528. The van der Waals surface area contributed by atoms with Crippen molar-refractivity contribution in [3.63, 3.8) is 0 Å². The molecule has 2 aliphatic rings. The highest BCUT2D eigenvalue weighted by Crippen LogP contribution is 2.24. The molecule has 1 amide bonds. The summed E-state index contributed by atoms with van der Waals surface area (Å²) >= 11 is 0. The van der Waals surface area contributed by atoms with E-state index in [1.807, 2.05) is 0 Å². The van der Waals surface area contributed by atoms with Crippen molar-refractivity contribution in [1.82, 2.24) is 9.97 Å². The number of methoxy groups -OCH3 is 1. The number of amides is 1. The number of carbonyl (C=O) groups is 1. The monoisotopic (exact) mass is 191 g/mol. The fourth-order valence-electron chi connectivity index (χ4n) is 1.25. The SMILES string of the molecule is COc1cc2cc(C(N)=O)nc-2c[nH]1. The fourth-order valence-corrected chi connectivity index (χ4v) is 1.25. The first-order chi connectivity index (χ1) is 6.70. The maximum absolute atomic E-state index is 10.8. The van der Waals surface area contributed by atoms with Crippen molar-refractivity contribution in [1.29, 1.82) is 0 Å². The first-order valence-corrected chi connectivity index (χ1v) is 4.03. The maximum atomic E-state index is 10.8. The summed E-state index contributed by atoms with van der Waals surface area (Å²) in [6.07, 6.45) is 1.67. The Morgan fingerprint density at radius 3 is 3.00 bits per heavy atom. The van der Waals surface area contributed by atoms with Crippen LogP contribution in [0.4, 0.5) is 0 Å². The Morgan fingerprint density at radius 2 is 2.36 bits per heavy atom. The lowest BCUT2D eigenvalue weighted by Crippen LogP contribution is -2.10. The molecule has 0 spiro atoms. The zero-order valence-electron chi connectivity index (χ0n) is 7.57. The van der Waals surface area contributed by atoms with Crippen LogP contribution in [0.5, 0.6) is 5.88 Å². The van der Waals surface area contributed by atoms with Crippen molar-refractivity contribution in [2.45, 2.75) is 0 Å². The molecule has 14 heavy (non-hydrogen) atoms. The summed E-state index contributed by atoms with van der Waals surface area (Å²) in [4.78, 5) is 17.7. The third kappa shape index (κ3) is 1.28. The molecule has 0 saturated carbocycles. The van der Waals surface area contributed by atoms with E-state index in [9.17, 15) is 4.79 Å². The van der Waals surface area contributed by atoms with Gasteiger partial charge in [0.15, 0.2) is 5.88 Å². The van der Waals surface area contributed by atoms with E-state index in [4.69, 9.17) is 10.5 Å². The van der Waals surface area contributed by atoms with E-state index in [-0.39, 0.29) is 5.69 Å².